The number of amides is 1. The Labute approximate surface area is 125 Å². The van der Waals surface area contributed by atoms with Gasteiger partial charge in [0.1, 0.15) is 5.82 Å². The van der Waals surface area contributed by atoms with Gasteiger partial charge in [0.15, 0.2) is 0 Å². The average molecular weight is 357 g/mol. The van der Waals surface area contributed by atoms with Crippen molar-refractivity contribution >= 4 is 33.2 Å². The molecule has 2 aromatic carbocycles. The lowest BCUT2D eigenvalue weighted by atomic mass is 10.1. The molecule has 5 nitrogen and oxygen atoms in total. The maximum Gasteiger partial charge on any atom is 0.305 e. The quantitative estimate of drug-likeness (QED) is 0.669. The SMILES string of the molecule is O=C(Nc1cc(F)ccc1Br)c1ccc(F)c([N+](=O)[O-])c1. The highest BCUT2D eigenvalue weighted by Crippen LogP contribution is 2.24. The van der Waals surface area contributed by atoms with Crippen LogP contribution in [-0.2, 0) is 0 Å². The Hall–Kier alpha value is -2.35. The Kier molecular flexibility index (Phi) is 4.27. The molecule has 0 unspecified atom stereocenters. The zero-order valence-corrected chi connectivity index (χ0v) is 11.9. The van der Waals surface area contributed by atoms with E-state index >= 15 is 0 Å². The van der Waals surface area contributed by atoms with Crippen LogP contribution in [-0.4, -0.2) is 10.8 Å². The van der Waals surface area contributed by atoms with Gasteiger partial charge in [-0.25, -0.2) is 4.39 Å². The fourth-order valence-electron chi connectivity index (χ4n) is 1.58. The standard InChI is InChI=1S/C13H7BrF2N2O3/c14-9-3-2-8(15)6-11(9)17-13(19)7-1-4-10(16)12(5-7)18(20)21/h1-6H,(H,17,19). The predicted molar refractivity (Wildman–Crippen MR) is 75.1 cm³/mol. The number of rotatable bonds is 3. The van der Waals surface area contributed by atoms with E-state index in [9.17, 15) is 23.7 Å². The van der Waals surface area contributed by atoms with Crippen molar-refractivity contribution in [3.05, 3.63) is 68.2 Å². The highest BCUT2D eigenvalue weighted by Gasteiger charge is 2.18. The van der Waals surface area contributed by atoms with Crippen LogP contribution in [0, 0.1) is 21.7 Å². The molecule has 0 bridgehead atoms. The molecule has 0 aliphatic rings. The summed E-state index contributed by atoms with van der Waals surface area (Å²) in [5.41, 5.74) is -0.757. The molecule has 1 N–H and O–H groups in total. The Morgan fingerprint density at radius 2 is 1.90 bits per heavy atom. The first-order valence-corrected chi connectivity index (χ1v) is 6.38. The van der Waals surface area contributed by atoms with Crippen LogP contribution in [0.15, 0.2) is 40.9 Å². The van der Waals surface area contributed by atoms with E-state index in [0.717, 1.165) is 24.3 Å². The fourth-order valence-corrected chi connectivity index (χ4v) is 1.93. The molecule has 0 aromatic heterocycles. The number of hydrogen-bond donors (Lipinski definition) is 1. The summed E-state index contributed by atoms with van der Waals surface area (Å²) in [6.07, 6.45) is 0. The Balaban J connectivity index is 2.30. The number of nitro benzene ring substituents is 1. The summed E-state index contributed by atoms with van der Waals surface area (Å²) in [4.78, 5) is 21.7. The van der Waals surface area contributed by atoms with Crippen molar-refractivity contribution in [3.63, 3.8) is 0 Å². The first-order chi connectivity index (χ1) is 9.88. The summed E-state index contributed by atoms with van der Waals surface area (Å²) in [7, 11) is 0. The molecule has 0 fully saturated rings. The molecule has 0 heterocycles. The van der Waals surface area contributed by atoms with Crippen LogP contribution < -0.4 is 5.32 Å². The summed E-state index contributed by atoms with van der Waals surface area (Å²) in [6, 6.07) is 6.43. The lowest BCUT2D eigenvalue weighted by Gasteiger charge is -2.07. The molecular formula is C13H7BrF2N2O3. The molecule has 8 heteroatoms. The number of carbonyl (C=O) groups is 1. The van der Waals surface area contributed by atoms with E-state index in [4.69, 9.17) is 0 Å². The number of nitrogens with one attached hydrogen (secondary N) is 1. The maximum atomic E-state index is 13.2. The topological polar surface area (TPSA) is 72.2 Å². The lowest BCUT2D eigenvalue weighted by molar-refractivity contribution is -0.387. The highest BCUT2D eigenvalue weighted by atomic mass is 79.9. The van der Waals surface area contributed by atoms with Gasteiger partial charge in [0, 0.05) is 16.1 Å². The van der Waals surface area contributed by atoms with Crippen molar-refractivity contribution in [3.8, 4) is 0 Å². The van der Waals surface area contributed by atoms with E-state index in [2.05, 4.69) is 21.2 Å². The summed E-state index contributed by atoms with van der Waals surface area (Å²) < 4.78 is 26.7. The minimum atomic E-state index is -1.04. The Morgan fingerprint density at radius 3 is 2.57 bits per heavy atom. The van der Waals surface area contributed by atoms with Gasteiger partial charge in [0.2, 0.25) is 5.82 Å². The summed E-state index contributed by atoms with van der Waals surface area (Å²) in [6.45, 7) is 0. The Bertz CT molecular complexity index is 737. The first-order valence-electron chi connectivity index (χ1n) is 5.59. The molecule has 21 heavy (non-hydrogen) atoms. The van der Waals surface area contributed by atoms with E-state index < -0.39 is 28.2 Å². The number of carbonyl (C=O) groups excluding carboxylic acids is 1. The molecule has 0 atom stereocenters. The maximum absolute atomic E-state index is 13.2. The van der Waals surface area contributed by atoms with Crippen LogP contribution in [0.4, 0.5) is 20.2 Å². The molecule has 2 rings (SSSR count). The number of halogens is 3. The summed E-state index contributed by atoms with van der Waals surface area (Å²) in [5, 5.41) is 13.0. The molecule has 0 saturated heterocycles. The molecule has 0 spiro atoms. The second kappa shape index (κ2) is 5.96. The van der Waals surface area contributed by atoms with Crippen molar-refractivity contribution in [2.45, 2.75) is 0 Å². The molecule has 0 aliphatic carbocycles. The number of anilines is 1. The van der Waals surface area contributed by atoms with Crippen LogP contribution in [0.1, 0.15) is 10.4 Å². The van der Waals surface area contributed by atoms with Gasteiger partial charge in [-0.1, -0.05) is 0 Å². The zero-order valence-electron chi connectivity index (χ0n) is 10.3. The third-order valence-corrected chi connectivity index (χ3v) is 3.27. The van der Waals surface area contributed by atoms with E-state index in [-0.39, 0.29) is 11.3 Å². The van der Waals surface area contributed by atoms with Gasteiger partial charge in [-0.15, -0.1) is 0 Å². The zero-order chi connectivity index (χ0) is 15.6. The molecule has 0 aliphatic heterocycles. The third kappa shape index (κ3) is 3.40. The first kappa shape index (κ1) is 15.0. The van der Waals surface area contributed by atoms with Gasteiger partial charge in [-0.3, -0.25) is 14.9 Å². The van der Waals surface area contributed by atoms with E-state index in [1.54, 1.807) is 0 Å². The molecule has 0 saturated carbocycles. The van der Waals surface area contributed by atoms with Crippen LogP contribution in [0.5, 0.6) is 0 Å². The van der Waals surface area contributed by atoms with Gasteiger partial charge >= 0.3 is 5.69 Å². The smallest absolute Gasteiger partial charge is 0.305 e. The van der Waals surface area contributed by atoms with E-state index in [0.29, 0.717) is 4.47 Å². The molecular weight excluding hydrogens is 350 g/mol. The van der Waals surface area contributed by atoms with Gasteiger partial charge in [-0.2, -0.15) is 4.39 Å². The molecule has 2 aromatic rings. The third-order valence-electron chi connectivity index (χ3n) is 2.58. The number of hydrogen-bond acceptors (Lipinski definition) is 3. The van der Waals surface area contributed by atoms with Gasteiger partial charge in [-0.05, 0) is 46.3 Å². The minimum absolute atomic E-state index is 0.112. The number of nitro groups is 1. The van der Waals surface area contributed by atoms with Crippen molar-refractivity contribution < 1.29 is 18.5 Å². The second-order valence-corrected chi connectivity index (χ2v) is 4.86. The predicted octanol–water partition coefficient (Wildman–Crippen LogP) is 3.89. The van der Waals surface area contributed by atoms with Gasteiger partial charge in [0.25, 0.3) is 5.91 Å². The van der Waals surface area contributed by atoms with Crippen molar-refractivity contribution in [2.24, 2.45) is 0 Å². The van der Waals surface area contributed by atoms with E-state index in [1.165, 1.54) is 12.1 Å². The van der Waals surface area contributed by atoms with Gasteiger partial charge in [0.05, 0.1) is 10.6 Å². The largest absolute Gasteiger partial charge is 0.321 e. The summed E-state index contributed by atoms with van der Waals surface area (Å²) in [5.74, 6) is -2.31. The highest BCUT2D eigenvalue weighted by molar-refractivity contribution is 9.10. The number of benzene rings is 2. The van der Waals surface area contributed by atoms with Crippen LogP contribution >= 0.6 is 15.9 Å². The second-order valence-electron chi connectivity index (χ2n) is 4.00. The van der Waals surface area contributed by atoms with Crippen molar-refractivity contribution in [1.29, 1.82) is 0 Å². The van der Waals surface area contributed by atoms with E-state index in [1.807, 2.05) is 0 Å². The fraction of sp³-hybridized carbons (Fsp3) is 0. The minimum Gasteiger partial charge on any atom is -0.321 e. The summed E-state index contributed by atoms with van der Waals surface area (Å²) >= 11 is 3.13. The monoisotopic (exact) mass is 356 g/mol. The average Bonchev–Trinajstić information content (AvgIpc) is 2.43. The molecule has 108 valence electrons. The van der Waals surface area contributed by atoms with Crippen molar-refractivity contribution in [2.75, 3.05) is 5.32 Å². The van der Waals surface area contributed by atoms with Crippen LogP contribution in [0.2, 0.25) is 0 Å². The lowest BCUT2D eigenvalue weighted by Crippen LogP contribution is -2.13. The van der Waals surface area contributed by atoms with Gasteiger partial charge < -0.3 is 5.32 Å². The van der Waals surface area contributed by atoms with Crippen LogP contribution in [0.25, 0.3) is 0 Å². The van der Waals surface area contributed by atoms with Crippen LogP contribution in [0.3, 0.4) is 0 Å². The molecule has 1 amide bonds. The normalized spacial score (nSPS) is 10.2. The molecule has 0 radical (unpaired) electrons. The Morgan fingerprint density at radius 1 is 1.19 bits per heavy atom. The number of nitrogens with zero attached hydrogens (tertiary/aromatic N) is 1. The van der Waals surface area contributed by atoms with Crippen molar-refractivity contribution in [1.82, 2.24) is 0 Å².